The summed E-state index contributed by atoms with van der Waals surface area (Å²) in [6.07, 6.45) is 1.45. The zero-order chi connectivity index (χ0) is 19.1. The van der Waals surface area contributed by atoms with Crippen LogP contribution in [0.25, 0.3) is 0 Å². The van der Waals surface area contributed by atoms with Gasteiger partial charge < -0.3 is 14.8 Å². The zero-order valence-electron chi connectivity index (χ0n) is 17.1. The third-order valence-electron chi connectivity index (χ3n) is 5.16. The van der Waals surface area contributed by atoms with Gasteiger partial charge in [-0.25, -0.2) is 0 Å². The van der Waals surface area contributed by atoms with Crippen LogP contribution < -0.4 is 5.32 Å². The van der Waals surface area contributed by atoms with Crippen LogP contribution in [-0.4, -0.2) is 25.4 Å². The van der Waals surface area contributed by atoms with Gasteiger partial charge in [-0.2, -0.15) is 0 Å². The topological polar surface area (TPSA) is 47.6 Å². The van der Waals surface area contributed by atoms with Crippen molar-refractivity contribution < 1.29 is 14.3 Å². The Labute approximate surface area is 153 Å². The zero-order valence-corrected chi connectivity index (χ0v) is 17.1. The summed E-state index contributed by atoms with van der Waals surface area (Å²) >= 11 is 0. The monoisotopic (exact) mass is 349 g/mol. The number of methoxy groups -OCH3 is 1. The number of nitrogens with one attached hydrogen (secondary N) is 1. The van der Waals surface area contributed by atoms with Gasteiger partial charge >= 0.3 is 0 Å². The number of benzene rings is 1. The highest BCUT2D eigenvalue weighted by molar-refractivity contribution is 5.88. The lowest BCUT2D eigenvalue weighted by Gasteiger charge is -2.42. The molecule has 1 aromatic carbocycles. The van der Waals surface area contributed by atoms with Gasteiger partial charge in [0.2, 0.25) is 5.91 Å². The highest BCUT2D eigenvalue weighted by atomic mass is 16.7. The number of carbonyl (C=O) groups excluding carboxylic acids is 1. The fourth-order valence-corrected chi connectivity index (χ4v) is 3.47. The number of carbonyl (C=O) groups is 1. The molecule has 1 amide bonds. The number of aryl methyl sites for hydroxylation is 2. The number of hydrogen-bond acceptors (Lipinski definition) is 3. The largest absolute Gasteiger partial charge is 0.356 e. The van der Waals surface area contributed by atoms with E-state index < -0.39 is 0 Å². The Balaban J connectivity index is 0.000000251. The molecule has 0 aromatic heterocycles. The van der Waals surface area contributed by atoms with Crippen LogP contribution in [-0.2, 0) is 14.3 Å². The summed E-state index contributed by atoms with van der Waals surface area (Å²) in [5, 5.41) is 2.75. The molecule has 0 radical (unpaired) electrons. The molecule has 2 rings (SSSR count). The van der Waals surface area contributed by atoms with Crippen LogP contribution in [0.2, 0.25) is 0 Å². The van der Waals surface area contributed by atoms with E-state index in [0.29, 0.717) is 23.9 Å². The molecule has 0 bridgehead atoms. The van der Waals surface area contributed by atoms with Gasteiger partial charge in [0, 0.05) is 25.6 Å². The molecular weight excluding hydrogens is 314 g/mol. The summed E-state index contributed by atoms with van der Waals surface area (Å²) < 4.78 is 11.2. The van der Waals surface area contributed by atoms with Crippen molar-refractivity contribution in [2.45, 2.75) is 67.3 Å². The van der Waals surface area contributed by atoms with Gasteiger partial charge in [-0.3, -0.25) is 4.79 Å². The highest BCUT2D eigenvalue weighted by Crippen LogP contribution is 2.36. The first-order valence-electron chi connectivity index (χ1n) is 9.23. The normalized spacial score (nSPS) is 28.7. The van der Waals surface area contributed by atoms with Crippen LogP contribution in [0.4, 0.5) is 5.69 Å². The summed E-state index contributed by atoms with van der Waals surface area (Å²) in [6, 6.07) is 5.98. The van der Waals surface area contributed by atoms with Gasteiger partial charge in [0.05, 0.1) is 6.10 Å². The van der Waals surface area contributed by atoms with E-state index in [9.17, 15) is 4.79 Å². The molecule has 1 heterocycles. The van der Waals surface area contributed by atoms with Crippen LogP contribution >= 0.6 is 0 Å². The molecule has 142 valence electrons. The van der Waals surface area contributed by atoms with Gasteiger partial charge in [-0.1, -0.05) is 33.8 Å². The maximum atomic E-state index is 10.7. The van der Waals surface area contributed by atoms with Crippen molar-refractivity contribution in [3.8, 4) is 0 Å². The third-order valence-corrected chi connectivity index (χ3v) is 5.16. The van der Waals surface area contributed by atoms with Crippen LogP contribution in [0, 0.1) is 31.6 Å². The molecule has 0 aliphatic carbocycles. The van der Waals surface area contributed by atoms with Crippen molar-refractivity contribution in [3.05, 3.63) is 29.3 Å². The van der Waals surface area contributed by atoms with Crippen molar-refractivity contribution in [2.75, 3.05) is 12.4 Å². The summed E-state index contributed by atoms with van der Waals surface area (Å²) in [4.78, 5) is 10.7. The van der Waals surface area contributed by atoms with E-state index in [2.05, 4.69) is 39.1 Å². The summed E-state index contributed by atoms with van der Waals surface area (Å²) in [5.41, 5.74) is 3.21. The molecule has 0 spiro atoms. The van der Waals surface area contributed by atoms with E-state index in [1.807, 2.05) is 26.0 Å². The first-order chi connectivity index (χ1) is 11.7. The van der Waals surface area contributed by atoms with Crippen molar-refractivity contribution in [3.63, 3.8) is 0 Å². The van der Waals surface area contributed by atoms with E-state index >= 15 is 0 Å². The molecular formula is C21H35NO3. The number of anilines is 1. The molecule has 4 nitrogen and oxygen atoms in total. The first-order valence-corrected chi connectivity index (χ1v) is 9.23. The van der Waals surface area contributed by atoms with Gasteiger partial charge in [-0.05, 0) is 55.4 Å². The summed E-state index contributed by atoms with van der Waals surface area (Å²) in [7, 11) is 1.73. The molecule has 1 saturated heterocycles. The van der Waals surface area contributed by atoms with E-state index in [0.717, 1.165) is 12.1 Å². The Morgan fingerprint density at radius 2 is 1.64 bits per heavy atom. The fraction of sp³-hybridized carbons (Fsp3) is 0.667. The van der Waals surface area contributed by atoms with Gasteiger partial charge in [0.1, 0.15) is 0 Å². The Morgan fingerprint density at radius 1 is 1.08 bits per heavy atom. The van der Waals surface area contributed by atoms with E-state index in [-0.39, 0.29) is 12.2 Å². The highest BCUT2D eigenvalue weighted by Gasteiger charge is 2.38. The molecule has 1 aliphatic rings. The van der Waals surface area contributed by atoms with Crippen molar-refractivity contribution in [2.24, 2.45) is 17.8 Å². The molecule has 25 heavy (non-hydrogen) atoms. The predicted octanol–water partition coefficient (Wildman–Crippen LogP) is 4.94. The molecule has 4 heteroatoms. The van der Waals surface area contributed by atoms with Gasteiger partial charge in [0.25, 0.3) is 0 Å². The molecule has 5 atom stereocenters. The quantitative estimate of drug-likeness (QED) is 0.841. The second-order valence-electron chi connectivity index (χ2n) is 7.32. The average Bonchev–Trinajstić information content (AvgIpc) is 2.52. The second kappa shape index (κ2) is 9.93. The van der Waals surface area contributed by atoms with Crippen LogP contribution in [0.3, 0.4) is 0 Å². The molecule has 1 N–H and O–H groups in total. The number of ether oxygens (including phenoxy) is 2. The minimum atomic E-state index is -0.0278. The SMILES string of the molecule is CC(=O)Nc1cc(C)cc(C)c1.CCC1OC(OC)C(C)C(C)C1C. The Kier molecular flexibility index (Phi) is 8.60. The predicted molar refractivity (Wildman–Crippen MR) is 104 cm³/mol. The van der Waals surface area contributed by atoms with Crippen molar-refractivity contribution in [1.29, 1.82) is 0 Å². The van der Waals surface area contributed by atoms with E-state index in [4.69, 9.17) is 9.47 Å². The molecule has 0 saturated carbocycles. The van der Waals surface area contributed by atoms with Gasteiger partial charge in [0.15, 0.2) is 6.29 Å². The van der Waals surface area contributed by atoms with E-state index in [1.54, 1.807) is 7.11 Å². The lowest BCUT2D eigenvalue weighted by Crippen LogP contribution is -2.45. The van der Waals surface area contributed by atoms with Crippen molar-refractivity contribution in [1.82, 2.24) is 0 Å². The van der Waals surface area contributed by atoms with Crippen LogP contribution in [0.5, 0.6) is 0 Å². The van der Waals surface area contributed by atoms with Crippen molar-refractivity contribution >= 4 is 11.6 Å². The Bertz CT molecular complexity index is 518. The Morgan fingerprint density at radius 3 is 2.08 bits per heavy atom. The van der Waals surface area contributed by atoms with Crippen LogP contribution in [0.15, 0.2) is 18.2 Å². The summed E-state index contributed by atoms with van der Waals surface area (Å²) in [5.74, 6) is 1.80. The minimum Gasteiger partial charge on any atom is -0.356 e. The lowest BCUT2D eigenvalue weighted by molar-refractivity contribution is -0.237. The maximum absolute atomic E-state index is 10.7. The lowest BCUT2D eigenvalue weighted by atomic mass is 9.78. The smallest absolute Gasteiger partial charge is 0.221 e. The summed E-state index contributed by atoms with van der Waals surface area (Å²) in [6.45, 7) is 14.5. The van der Waals surface area contributed by atoms with Gasteiger partial charge in [-0.15, -0.1) is 0 Å². The fourth-order valence-electron chi connectivity index (χ4n) is 3.47. The third kappa shape index (κ3) is 6.44. The maximum Gasteiger partial charge on any atom is 0.221 e. The first kappa shape index (κ1) is 21.7. The number of rotatable bonds is 3. The molecule has 1 aliphatic heterocycles. The second-order valence-corrected chi connectivity index (χ2v) is 7.32. The molecule has 1 fully saturated rings. The molecule has 1 aromatic rings. The number of hydrogen-bond donors (Lipinski definition) is 1. The molecule has 5 unspecified atom stereocenters. The van der Waals surface area contributed by atoms with Crippen LogP contribution in [0.1, 0.15) is 52.2 Å². The minimum absolute atomic E-state index is 0.00356. The standard InChI is InChI=1S/C11H22O2.C10H13NO/c1-6-10-8(3)7(2)9(4)11(12-5)13-10;1-7-4-8(2)6-10(5-7)11-9(3)12/h7-11H,6H2,1-5H3;4-6H,1-3H3,(H,11,12). The Hall–Kier alpha value is -1.39. The van der Waals surface area contributed by atoms with E-state index in [1.165, 1.54) is 18.1 Å². The number of amides is 1. The average molecular weight is 350 g/mol.